The number of carboxylic acid groups (broad SMARTS) is 1. The van der Waals surface area contributed by atoms with Crippen molar-refractivity contribution in [3.05, 3.63) is 41.2 Å². The van der Waals surface area contributed by atoms with Crippen LogP contribution in [0.25, 0.3) is 0 Å². The van der Waals surface area contributed by atoms with Gasteiger partial charge in [-0.2, -0.15) is 4.37 Å². The maximum absolute atomic E-state index is 11.6. The molecule has 110 valence electrons. The van der Waals surface area contributed by atoms with Gasteiger partial charge in [0, 0.05) is 30.9 Å². The van der Waals surface area contributed by atoms with Crippen molar-refractivity contribution in [2.45, 2.75) is 38.8 Å². The first-order valence-corrected chi connectivity index (χ1v) is 7.85. The molecule has 0 spiro atoms. The average molecular weight is 303 g/mol. The number of carbonyl (C=O) groups is 1. The van der Waals surface area contributed by atoms with Crippen molar-refractivity contribution in [1.82, 2.24) is 9.36 Å². The molecule has 0 bridgehead atoms. The number of aliphatic carboxylic acids is 1. The smallest absolute Gasteiger partial charge is 0.326 e. The maximum atomic E-state index is 11.6. The number of aryl methyl sites for hydroxylation is 1. The quantitative estimate of drug-likeness (QED) is 0.940. The molecule has 0 aliphatic carbocycles. The number of hydrogen-bond acceptors (Lipinski definition) is 5. The van der Waals surface area contributed by atoms with E-state index in [1.54, 1.807) is 0 Å². The molecule has 2 aromatic rings. The second-order valence-corrected chi connectivity index (χ2v) is 5.93. The van der Waals surface area contributed by atoms with Crippen LogP contribution in [0.15, 0.2) is 24.3 Å². The van der Waals surface area contributed by atoms with Gasteiger partial charge in [-0.05, 0) is 17.5 Å². The fourth-order valence-corrected chi connectivity index (χ4v) is 3.39. The Labute approximate surface area is 127 Å². The predicted molar refractivity (Wildman–Crippen MR) is 81.7 cm³/mol. The summed E-state index contributed by atoms with van der Waals surface area (Å²) in [6.07, 6.45) is 2.33. The van der Waals surface area contributed by atoms with Crippen LogP contribution in [0, 0.1) is 0 Å². The van der Waals surface area contributed by atoms with Gasteiger partial charge in [-0.25, -0.2) is 9.78 Å². The molecule has 1 aromatic heterocycles. The fraction of sp³-hybridized carbons (Fsp3) is 0.400. The minimum Gasteiger partial charge on any atom is -0.480 e. The first-order valence-electron chi connectivity index (χ1n) is 7.08. The molecule has 1 aliphatic heterocycles. The lowest BCUT2D eigenvalue weighted by Crippen LogP contribution is -2.45. The number of fused-ring (bicyclic) bond motifs is 1. The van der Waals surface area contributed by atoms with Gasteiger partial charge in [0.05, 0.1) is 0 Å². The molecule has 21 heavy (non-hydrogen) atoms. The summed E-state index contributed by atoms with van der Waals surface area (Å²) in [6, 6.07) is 7.43. The molecule has 0 saturated heterocycles. The van der Waals surface area contributed by atoms with Crippen LogP contribution in [-0.4, -0.2) is 26.5 Å². The Kier molecular flexibility index (Phi) is 3.88. The van der Waals surface area contributed by atoms with E-state index in [1.165, 1.54) is 17.1 Å². The van der Waals surface area contributed by atoms with Gasteiger partial charge in [-0.1, -0.05) is 31.2 Å². The third kappa shape index (κ3) is 2.76. The van der Waals surface area contributed by atoms with E-state index in [9.17, 15) is 9.90 Å². The minimum absolute atomic E-state index is 0.508. The molecule has 2 heterocycles. The summed E-state index contributed by atoms with van der Waals surface area (Å²) in [5, 5.41) is 10.2. The molecule has 1 N–H and O–H groups in total. The van der Waals surface area contributed by atoms with Crippen molar-refractivity contribution in [2.24, 2.45) is 0 Å². The first kappa shape index (κ1) is 14.0. The molecule has 0 saturated carbocycles. The van der Waals surface area contributed by atoms with Crippen molar-refractivity contribution in [3.8, 4) is 0 Å². The van der Waals surface area contributed by atoms with Crippen LogP contribution >= 0.6 is 11.5 Å². The fourth-order valence-electron chi connectivity index (χ4n) is 2.63. The Bertz CT molecular complexity index is 656. The topological polar surface area (TPSA) is 66.3 Å². The molecule has 0 radical (unpaired) electrons. The summed E-state index contributed by atoms with van der Waals surface area (Å²) >= 11 is 1.29. The molecule has 3 rings (SSSR count). The number of hydrogen-bond donors (Lipinski definition) is 1. The summed E-state index contributed by atoms with van der Waals surface area (Å²) in [6.45, 7) is 2.66. The largest absolute Gasteiger partial charge is 0.480 e. The van der Waals surface area contributed by atoms with Crippen molar-refractivity contribution in [3.63, 3.8) is 0 Å². The van der Waals surface area contributed by atoms with Crippen LogP contribution in [-0.2, 0) is 24.2 Å². The van der Waals surface area contributed by atoms with Gasteiger partial charge in [0.25, 0.3) is 0 Å². The van der Waals surface area contributed by atoms with Crippen LogP contribution < -0.4 is 4.90 Å². The zero-order valence-corrected chi connectivity index (χ0v) is 12.6. The highest BCUT2D eigenvalue weighted by Crippen LogP contribution is 2.29. The Morgan fingerprint density at radius 2 is 2.19 bits per heavy atom. The van der Waals surface area contributed by atoms with E-state index in [0.29, 0.717) is 18.1 Å². The number of nitrogens with zero attached hydrogens (tertiary/aromatic N) is 3. The van der Waals surface area contributed by atoms with Gasteiger partial charge in [0.15, 0.2) is 0 Å². The molecule has 6 heteroatoms. The van der Waals surface area contributed by atoms with Crippen LogP contribution in [0.1, 0.15) is 30.3 Å². The summed E-state index contributed by atoms with van der Waals surface area (Å²) in [5.41, 5.74) is 2.28. The zero-order valence-electron chi connectivity index (χ0n) is 11.8. The van der Waals surface area contributed by atoms with Gasteiger partial charge >= 0.3 is 5.97 Å². The van der Waals surface area contributed by atoms with Crippen molar-refractivity contribution in [2.75, 3.05) is 4.90 Å². The van der Waals surface area contributed by atoms with E-state index in [-0.39, 0.29) is 0 Å². The lowest BCUT2D eigenvalue weighted by atomic mass is 9.94. The van der Waals surface area contributed by atoms with E-state index in [0.717, 1.165) is 24.2 Å². The second-order valence-electron chi connectivity index (χ2n) is 5.20. The number of anilines is 1. The van der Waals surface area contributed by atoms with Crippen molar-refractivity contribution < 1.29 is 9.90 Å². The Balaban J connectivity index is 1.93. The number of rotatable bonds is 4. The molecule has 1 aliphatic rings. The molecule has 1 aromatic carbocycles. The molecular weight excluding hydrogens is 286 g/mol. The molecule has 1 unspecified atom stereocenters. The number of aromatic nitrogens is 2. The number of benzene rings is 1. The third-order valence-electron chi connectivity index (χ3n) is 3.71. The monoisotopic (exact) mass is 303 g/mol. The van der Waals surface area contributed by atoms with E-state index in [1.807, 2.05) is 29.2 Å². The summed E-state index contributed by atoms with van der Waals surface area (Å²) in [5.74, 6) is -0.00255. The Morgan fingerprint density at radius 1 is 1.43 bits per heavy atom. The van der Waals surface area contributed by atoms with Gasteiger partial charge in [0.1, 0.15) is 11.9 Å². The Hall–Kier alpha value is -1.95. The summed E-state index contributed by atoms with van der Waals surface area (Å²) in [7, 11) is 0. The normalized spacial score (nSPS) is 17.6. The summed E-state index contributed by atoms with van der Waals surface area (Å²) in [4.78, 5) is 18.0. The van der Waals surface area contributed by atoms with Crippen LogP contribution in [0.4, 0.5) is 5.13 Å². The third-order valence-corrected chi connectivity index (χ3v) is 4.50. The summed E-state index contributed by atoms with van der Waals surface area (Å²) < 4.78 is 4.33. The second kappa shape index (κ2) is 5.81. The van der Waals surface area contributed by atoms with E-state index in [2.05, 4.69) is 16.3 Å². The zero-order chi connectivity index (χ0) is 14.8. The van der Waals surface area contributed by atoms with E-state index >= 15 is 0 Å². The van der Waals surface area contributed by atoms with E-state index in [4.69, 9.17) is 0 Å². The molecule has 0 fully saturated rings. The molecular formula is C15H17N3O2S. The standard InChI is InChI=1S/C15H17N3O2S/c1-2-5-13-16-15(21-17-13)18-9-11-7-4-3-6-10(11)8-12(18)14(19)20/h3-4,6-7,12H,2,5,8-9H2,1H3,(H,19,20). The van der Waals surface area contributed by atoms with Gasteiger partial charge < -0.3 is 10.0 Å². The van der Waals surface area contributed by atoms with Crippen LogP contribution in [0.2, 0.25) is 0 Å². The molecule has 1 atom stereocenters. The van der Waals surface area contributed by atoms with Crippen molar-refractivity contribution in [1.29, 1.82) is 0 Å². The van der Waals surface area contributed by atoms with Crippen LogP contribution in [0.5, 0.6) is 0 Å². The maximum Gasteiger partial charge on any atom is 0.326 e. The lowest BCUT2D eigenvalue weighted by Gasteiger charge is -2.33. The SMILES string of the molecule is CCCc1nsc(N2Cc3ccccc3CC2C(=O)O)n1. The first-order chi connectivity index (χ1) is 10.2. The highest BCUT2D eigenvalue weighted by Gasteiger charge is 2.33. The lowest BCUT2D eigenvalue weighted by molar-refractivity contribution is -0.138. The molecule has 5 nitrogen and oxygen atoms in total. The van der Waals surface area contributed by atoms with Gasteiger partial charge in [-0.15, -0.1) is 0 Å². The van der Waals surface area contributed by atoms with Crippen molar-refractivity contribution >= 4 is 22.6 Å². The average Bonchev–Trinajstić information content (AvgIpc) is 2.94. The highest BCUT2D eigenvalue weighted by molar-refractivity contribution is 7.09. The molecule has 0 amide bonds. The minimum atomic E-state index is -0.809. The van der Waals surface area contributed by atoms with Crippen LogP contribution in [0.3, 0.4) is 0 Å². The van der Waals surface area contributed by atoms with Gasteiger partial charge in [0.2, 0.25) is 5.13 Å². The Morgan fingerprint density at radius 3 is 2.90 bits per heavy atom. The highest BCUT2D eigenvalue weighted by atomic mass is 32.1. The van der Waals surface area contributed by atoms with Gasteiger partial charge in [-0.3, -0.25) is 0 Å². The predicted octanol–water partition coefficient (Wildman–Crippen LogP) is 2.51. The number of carboxylic acids is 1. The van der Waals surface area contributed by atoms with E-state index < -0.39 is 12.0 Å².